The van der Waals surface area contributed by atoms with Crippen molar-refractivity contribution in [3.05, 3.63) is 62.7 Å². The molecule has 1 amide bonds. The minimum absolute atomic E-state index is 0.0349. The predicted molar refractivity (Wildman–Crippen MR) is 89.1 cm³/mol. The number of anilines is 1. The first-order valence-electron chi connectivity index (χ1n) is 6.93. The monoisotopic (exact) mass is 329 g/mol. The van der Waals surface area contributed by atoms with Gasteiger partial charge in [-0.2, -0.15) is 0 Å². The van der Waals surface area contributed by atoms with Gasteiger partial charge in [0.1, 0.15) is 5.82 Å². The van der Waals surface area contributed by atoms with Crippen molar-refractivity contribution in [2.75, 3.05) is 5.32 Å². The van der Waals surface area contributed by atoms with Gasteiger partial charge in [0.2, 0.25) is 5.91 Å². The maximum Gasteiger partial charge on any atom is 0.225 e. The number of thiophene rings is 2. The summed E-state index contributed by atoms with van der Waals surface area (Å²) >= 11 is 3.34. The number of halogens is 1. The fraction of sp³-hybridized carbons (Fsp3) is 0.118. The molecule has 1 N–H and O–H groups in total. The molecule has 1 unspecified atom stereocenters. The van der Waals surface area contributed by atoms with Crippen LogP contribution in [0, 0.1) is 5.82 Å². The number of hydrogen-bond acceptors (Lipinski definition) is 3. The first-order valence-corrected chi connectivity index (χ1v) is 8.69. The molecular weight excluding hydrogens is 317 g/mol. The summed E-state index contributed by atoms with van der Waals surface area (Å²) in [5.74, 6) is -0.0936. The zero-order valence-electron chi connectivity index (χ0n) is 11.5. The summed E-state index contributed by atoms with van der Waals surface area (Å²) < 4.78 is 13.1. The van der Waals surface area contributed by atoms with Gasteiger partial charge in [0, 0.05) is 33.0 Å². The van der Waals surface area contributed by atoms with Gasteiger partial charge in [0.25, 0.3) is 0 Å². The molecule has 1 aliphatic heterocycles. The van der Waals surface area contributed by atoms with Crippen molar-refractivity contribution in [2.45, 2.75) is 12.3 Å². The number of rotatable bonds is 2. The lowest BCUT2D eigenvalue weighted by atomic mass is 9.94. The molecule has 0 fully saturated rings. The highest BCUT2D eigenvalue weighted by Crippen LogP contribution is 2.47. The van der Waals surface area contributed by atoms with Crippen molar-refractivity contribution >= 4 is 34.3 Å². The summed E-state index contributed by atoms with van der Waals surface area (Å²) in [6.07, 6.45) is 0.483. The van der Waals surface area contributed by atoms with Gasteiger partial charge in [-0.25, -0.2) is 4.39 Å². The third kappa shape index (κ3) is 2.26. The van der Waals surface area contributed by atoms with Gasteiger partial charge in [0.15, 0.2) is 0 Å². The number of fused-ring (bicyclic) bond motifs is 1. The van der Waals surface area contributed by atoms with Crippen LogP contribution in [0.15, 0.2) is 47.2 Å². The average molecular weight is 329 g/mol. The Kier molecular flexibility index (Phi) is 3.32. The second kappa shape index (κ2) is 5.34. The molecule has 1 atom stereocenters. The predicted octanol–water partition coefficient (Wildman–Crippen LogP) is 5.09. The first kappa shape index (κ1) is 13.7. The molecule has 0 spiro atoms. The zero-order valence-corrected chi connectivity index (χ0v) is 13.1. The number of carbonyl (C=O) groups is 1. The molecule has 3 aromatic rings. The molecule has 110 valence electrons. The van der Waals surface area contributed by atoms with E-state index in [0.29, 0.717) is 6.42 Å². The molecule has 5 heteroatoms. The van der Waals surface area contributed by atoms with Crippen LogP contribution in [0.1, 0.15) is 22.1 Å². The molecule has 2 aromatic heterocycles. The lowest BCUT2D eigenvalue weighted by Crippen LogP contribution is -2.21. The van der Waals surface area contributed by atoms with Crippen molar-refractivity contribution in [2.24, 2.45) is 0 Å². The highest BCUT2D eigenvalue weighted by molar-refractivity contribution is 7.12. The van der Waals surface area contributed by atoms with Crippen LogP contribution in [0.25, 0.3) is 11.1 Å². The molecule has 1 aromatic carbocycles. The van der Waals surface area contributed by atoms with E-state index in [0.717, 1.165) is 16.8 Å². The first-order chi connectivity index (χ1) is 10.7. The smallest absolute Gasteiger partial charge is 0.225 e. The van der Waals surface area contributed by atoms with Gasteiger partial charge in [-0.05, 0) is 29.1 Å². The summed E-state index contributed by atoms with van der Waals surface area (Å²) in [4.78, 5) is 14.5. The van der Waals surface area contributed by atoms with Gasteiger partial charge < -0.3 is 5.32 Å². The maximum absolute atomic E-state index is 13.1. The Morgan fingerprint density at radius 1 is 1.14 bits per heavy atom. The quantitative estimate of drug-likeness (QED) is 0.697. The van der Waals surface area contributed by atoms with E-state index in [-0.39, 0.29) is 17.6 Å². The molecule has 3 heterocycles. The largest absolute Gasteiger partial charge is 0.325 e. The molecule has 2 nitrogen and oxygen atoms in total. The van der Waals surface area contributed by atoms with Crippen LogP contribution in [0.2, 0.25) is 0 Å². The minimum atomic E-state index is -0.256. The standard InChI is InChI=1S/C17H12FNOS2/c18-11-5-3-10(4-6-11)13-9-22-17-12(14-2-1-7-21-14)8-15(20)19-16(13)17/h1-7,9,12H,8H2,(H,19,20). The van der Waals surface area contributed by atoms with Gasteiger partial charge in [-0.15, -0.1) is 22.7 Å². The second-order valence-corrected chi connectivity index (χ2v) is 7.11. The van der Waals surface area contributed by atoms with E-state index in [1.807, 2.05) is 16.8 Å². The van der Waals surface area contributed by atoms with Crippen LogP contribution >= 0.6 is 22.7 Å². The Hall–Kier alpha value is -1.98. The summed E-state index contributed by atoms with van der Waals surface area (Å²) in [6.45, 7) is 0. The number of hydrogen-bond donors (Lipinski definition) is 1. The Bertz CT molecular complexity index is 821. The number of amides is 1. The van der Waals surface area contributed by atoms with Crippen LogP contribution in [-0.2, 0) is 4.79 Å². The van der Waals surface area contributed by atoms with Crippen LogP contribution in [0.3, 0.4) is 0 Å². The Labute approximate surface area is 135 Å². The Balaban J connectivity index is 1.82. The minimum Gasteiger partial charge on any atom is -0.325 e. The van der Waals surface area contributed by atoms with Crippen molar-refractivity contribution in [3.8, 4) is 11.1 Å². The van der Waals surface area contributed by atoms with Gasteiger partial charge >= 0.3 is 0 Å². The van der Waals surface area contributed by atoms with Crippen molar-refractivity contribution in [3.63, 3.8) is 0 Å². The van der Waals surface area contributed by atoms with E-state index in [9.17, 15) is 9.18 Å². The second-order valence-electron chi connectivity index (χ2n) is 5.22. The van der Waals surface area contributed by atoms with E-state index in [1.54, 1.807) is 34.8 Å². The molecule has 4 rings (SSSR count). The van der Waals surface area contributed by atoms with Crippen molar-refractivity contribution < 1.29 is 9.18 Å². The summed E-state index contributed by atoms with van der Waals surface area (Å²) in [6, 6.07) is 10.5. The normalized spacial score (nSPS) is 17.1. The van der Waals surface area contributed by atoms with E-state index in [2.05, 4.69) is 11.4 Å². The fourth-order valence-corrected chi connectivity index (χ4v) is 4.85. The van der Waals surface area contributed by atoms with Gasteiger partial charge in [-0.3, -0.25) is 4.79 Å². The fourth-order valence-electron chi connectivity index (χ4n) is 2.79. The zero-order chi connectivity index (χ0) is 15.1. The van der Waals surface area contributed by atoms with Crippen LogP contribution < -0.4 is 5.32 Å². The lowest BCUT2D eigenvalue weighted by molar-refractivity contribution is -0.116. The van der Waals surface area contributed by atoms with Gasteiger partial charge in [0.05, 0.1) is 5.69 Å². The molecule has 1 aliphatic rings. The number of carbonyl (C=O) groups excluding carboxylic acids is 1. The van der Waals surface area contributed by atoms with Crippen LogP contribution in [0.4, 0.5) is 10.1 Å². The Morgan fingerprint density at radius 2 is 1.95 bits per heavy atom. The molecule has 0 saturated carbocycles. The Morgan fingerprint density at radius 3 is 2.68 bits per heavy atom. The van der Waals surface area contributed by atoms with E-state index < -0.39 is 0 Å². The summed E-state index contributed by atoms with van der Waals surface area (Å²) in [5, 5.41) is 7.08. The maximum atomic E-state index is 13.1. The highest BCUT2D eigenvalue weighted by Gasteiger charge is 2.30. The van der Waals surface area contributed by atoms with Crippen molar-refractivity contribution in [1.82, 2.24) is 0 Å². The van der Waals surface area contributed by atoms with Crippen LogP contribution in [0.5, 0.6) is 0 Å². The number of nitrogens with one attached hydrogen (secondary N) is 1. The molecule has 0 aliphatic carbocycles. The SMILES string of the molecule is O=C1CC(c2cccs2)c2scc(-c3ccc(F)cc3)c2N1. The van der Waals surface area contributed by atoms with E-state index >= 15 is 0 Å². The molecule has 0 bridgehead atoms. The average Bonchev–Trinajstić information content (AvgIpc) is 3.16. The molecular formula is C17H12FNOS2. The van der Waals surface area contributed by atoms with Gasteiger partial charge in [-0.1, -0.05) is 18.2 Å². The summed E-state index contributed by atoms with van der Waals surface area (Å²) in [7, 11) is 0. The third-order valence-corrected chi connectivity index (χ3v) is 5.91. The van der Waals surface area contributed by atoms with E-state index in [4.69, 9.17) is 0 Å². The van der Waals surface area contributed by atoms with E-state index in [1.165, 1.54) is 21.9 Å². The lowest BCUT2D eigenvalue weighted by Gasteiger charge is -2.22. The molecule has 22 heavy (non-hydrogen) atoms. The number of benzene rings is 1. The van der Waals surface area contributed by atoms with Crippen LogP contribution in [-0.4, -0.2) is 5.91 Å². The molecule has 0 radical (unpaired) electrons. The third-order valence-electron chi connectivity index (χ3n) is 3.83. The topological polar surface area (TPSA) is 29.1 Å². The molecule has 0 saturated heterocycles. The summed E-state index contributed by atoms with van der Waals surface area (Å²) in [5.41, 5.74) is 2.77. The van der Waals surface area contributed by atoms with Crippen molar-refractivity contribution in [1.29, 1.82) is 0 Å². The highest BCUT2D eigenvalue weighted by atomic mass is 32.1.